The smallest absolute Gasteiger partial charge is 0.280 e. The molecule has 1 aliphatic heterocycles. The molecule has 1 amide bonds. The molecule has 1 saturated heterocycles. The van der Waals surface area contributed by atoms with Crippen LogP contribution in [0, 0.1) is 17.2 Å². The predicted octanol–water partition coefficient (Wildman–Crippen LogP) is 2.67. The third-order valence-electron chi connectivity index (χ3n) is 6.76. The van der Waals surface area contributed by atoms with E-state index < -0.39 is 29.6 Å². The molecule has 1 aliphatic rings. The van der Waals surface area contributed by atoms with Crippen LogP contribution in [0.2, 0.25) is 0 Å². The first-order chi connectivity index (χ1) is 19.8. The largest absolute Gasteiger partial charge is 0.385 e. The zero-order chi connectivity index (χ0) is 29.0. The summed E-state index contributed by atoms with van der Waals surface area (Å²) in [6, 6.07) is 20.9. The molecule has 2 aromatic carbocycles. The first-order valence-electron chi connectivity index (χ1n) is 13.1. The Balaban J connectivity index is 1.47. The number of ether oxygens (including phenoxy) is 3. The third kappa shape index (κ3) is 5.89. The SMILES string of the molecule is CC(C)C(=O)Nc1nc2c(ncn2[C@@H]2O[C@](C#N)(COCc3ccccc3)C(OCc3ccccc3)C2O)c(=O)[nH]1. The molecule has 1 fully saturated rings. The number of anilines is 1. The van der Waals surface area contributed by atoms with Crippen molar-refractivity contribution in [3.8, 4) is 6.07 Å². The zero-order valence-corrected chi connectivity index (χ0v) is 22.6. The number of aromatic nitrogens is 4. The van der Waals surface area contributed by atoms with E-state index in [1.165, 1.54) is 10.9 Å². The van der Waals surface area contributed by atoms with Gasteiger partial charge in [0.1, 0.15) is 18.3 Å². The minimum Gasteiger partial charge on any atom is -0.385 e. The Morgan fingerprint density at radius 3 is 2.46 bits per heavy atom. The minimum atomic E-state index is -1.71. The molecule has 0 aliphatic carbocycles. The quantitative estimate of drug-likeness (QED) is 0.265. The van der Waals surface area contributed by atoms with E-state index in [0.29, 0.717) is 0 Å². The van der Waals surface area contributed by atoms with Crippen molar-refractivity contribution >= 4 is 23.0 Å². The fourth-order valence-electron chi connectivity index (χ4n) is 4.56. The van der Waals surface area contributed by atoms with E-state index in [-0.39, 0.29) is 48.8 Å². The second kappa shape index (κ2) is 12.0. The molecular formula is C29H30N6O6. The lowest BCUT2D eigenvalue weighted by Crippen LogP contribution is -2.47. The third-order valence-corrected chi connectivity index (χ3v) is 6.76. The van der Waals surface area contributed by atoms with E-state index >= 15 is 0 Å². The number of nitrogens with one attached hydrogen (secondary N) is 2. The van der Waals surface area contributed by atoms with Crippen LogP contribution in [0.3, 0.4) is 0 Å². The van der Waals surface area contributed by atoms with Crippen LogP contribution in [-0.2, 0) is 32.2 Å². The molecule has 3 N–H and O–H groups in total. The Morgan fingerprint density at radius 1 is 1.17 bits per heavy atom. The predicted molar refractivity (Wildman–Crippen MR) is 147 cm³/mol. The number of hydrogen-bond acceptors (Lipinski definition) is 9. The molecular weight excluding hydrogens is 528 g/mol. The van der Waals surface area contributed by atoms with Gasteiger partial charge in [-0.15, -0.1) is 0 Å². The number of rotatable bonds is 10. The van der Waals surface area contributed by atoms with E-state index in [0.717, 1.165) is 11.1 Å². The summed E-state index contributed by atoms with van der Waals surface area (Å²) in [5.41, 5.74) is -0.531. The summed E-state index contributed by atoms with van der Waals surface area (Å²) in [5, 5.41) is 24.5. The van der Waals surface area contributed by atoms with Crippen molar-refractivity contribution in [2.45, 2.75) is 51.1 Å². The van der Waals surface area contributed by atoms with E-state index in [4.69, 9.17) is 14.2 Å². The number of fused-ring (bicyclic) bond motifs is 1. The van der Waals surface area contributed by atoms with Crippen LogP contribution in [0.5, 0.6) is 0 Å². The molecule has 5 rings (SSSR count). The molecule has 4 aromatic rings. The molecule has 3 heterocycles. The summed E-state index contributed by atoms with van der Waals surface area (Å²) >= 11 is 0. The Labute approximate surface area is 235 Å². The normalized spacial score (nSPS) is 22.2. The van der Waals surface area contributed by atoms with Crippen molar-refractivity contribution in [2.75, 3.05) is 11.9 Å². The van der Waals surface area contributed by atoms with Gasteiger partial charge in [0.05, 0.1) is 26.1 Å². The first-order valence-corrected chi connectivity index (χ1v) is 13.1. The summed E-state index contributed by atoms with van der Waals surface area (Å²) in [6.07, 6.45) is -2.41. The van der Waals surface area contributed by atoms with Crippen LogP contribution in [0.1, 0.15) is 31.2 Å². The highest BCUT2D eigenvalue weighted by atomic mass is 16.6. The average molecular weight is 559 g/mol. The molecule has 41 heavy (non-hydrogen) atoms. The number of H-pyrrole nitrogens is 1. The number of carbonyl (C=O) groups excluding carboxylic acids is 1. The van der Waals surface area contributed by atoms with E-state index in [2.05, 4.69) is 26.3 Å². The van der Waals surface area contributed by atoms with Gasteiger partial charge in [0, 0.05) is 5.92 Å². The van der Waals surface area contributed by atoms with Gasteiger partial charge in [-0.3, -0.25) is 24.5 Å². The van der Waals surface area contributed by atoms with Crippen LogP contribution in [0.25, 0.3) is 11.2 Å². The lowest BCUT2D eigenvalue weighted by atomic mass is 9.97. The number of amides is 1. The van der Waals surface area contributed by atoms with Gasteiger partial charge >= 0.3 is 0 Å². The van der Waals surface area contributed by atoms with Crippen molar-refractivity contribution in [1.82, 2.24) is 19.5 Å². The van der Waals surface area contributed by atoms with Crippen molar-refractivity contribution in [2.24, 2.45) is 5.92 Å². The summed E-state index contributed by atoms with van der Waals surface area (Å²) in [7, 11) is 0. The van der Waals surface area contributed by atoms with Crippen molar-refractivity contribution in [3.63, 3.8) is 0 Å². The standard InChI is InChI=1S/C29H30N6O6/c1-18(2)25(37)33-28-32-24-21(26(38)34-28)31-17-35(24)27-22(36)23(40-14-20-11-7-4-8-12-20)29(15-30,41-27)16-39-13-19-9-5-3-6-10-19/h3-12,17-18,22-23,27,36H,13-14,16H2,1-2H3,(H2,32,33,34,37,38)/t22?,23?,27-,29-/m1/s1. The molecule has 4 atom stereocenters. The van der Waals surface area contributed by atoms with Gasteiger partial charge in [-0.1, -0.05) is 74.5 Å². The second-order valence-electron chi connectivity index (χ2n) is 10.1. The van der Waals surface area contributed by atoms with Crippen molar-refractivity contribution < 1.29 is 24.1 Å². The van der Waals surface area contributed by atoms with Gasteiger partial charge in [0.2, 0.25) is 17.5 Å². The molecule has 212 valence electrons. The summed E-state index contributed by atoms with van der Waals surface area (Å²) in [6.45, 7) is 3.52. The number of nitrogens with zero attached hydrogens (tertiary/aromatic N) is 4. The first kappa shape index (κ1) is 28.1. The highest BCUT2D eigenvalue weighted by molar-refractivity contribution is 5.91. The van der Waals surface area contributed by atoms with Crippen molar-refractivity contribution in [1.29, 1.82) is 5.26 Å². The highest BCUT2D eigenvalue weighted by Crippen LogP contribution is 2.40. The van der Waals surface area contributed by atoms with Crippen molar-refractivity contribution in [3.05, 3.63) is 88.5 Å². The molecule has 2 aromatic heterocycles. The Bertz CT molecular complexity index is 1600. The number of aliphatic hydroxyl groups is 1. The Kier molecular flexibility index (Phi) is 8.23. The summed E-state index contributed by atoms with van der Waals surface area (Å²) in [4.78, 5) is 35.9. The Hall–Kier alpha value is -4.41. The van der Waals surface area contributed by atoms with Gasteiger partial charge in [-0.25, -0.2) is 4.98 Å². The van der Waals surface area contributed by atoms with E-state index in [9.17, 15) is 20.0 Å². The number of aromatic amines is 1. The maximum Gasteiger partial charge on any atom is 0.280 e. The number of carbonyl (C=O) groups is 1. The van der Waals surface area contributed by atoms with Gasteiger partial charge in [0.15, 0.2) is 17.4 Å². The highest BCUT2D eigenvalue weighted by Gasteiger charge is 2.57. The number of nitriles is 1. The van der Waals surface area contributed by atoms with Crippen LogP contribution < -0.4 is 10.9 Å². The fraction of sp³-hybridized carbons (Fsp3) is 0.345. The zero-order valence-electron chi connectivity index (χ0n) is 22.6. The number of benzene rings is 2. The maximum absolute atomic E-state index is 12.7. The van der Waals surface area contributed by atoms with E-state index in [1.807, 2.05) is 60.7 Å². The molecule has 12 nitrogen and oxygen atoms in total. The number of hydrogen-bond donors (Lipinski definition) is 3. The molecule has 0 spiro atoms. The minimum absolute atomic E-state index is 0.0279. The number of imidazole rings is 1. The van der Waals surface area contributed by atoms with Gasteiger partial charge < -0.3 is 19.3 Å². The van der Waals surface area contributed by atoms with Crippen LogP contribution in [0.15, 0.2) is 71.8 Å². The van der Waals surface area contributed by atoms with Gasteiger partial charge in [0.25, 0.3) is 5.56 Å². The summed E-state index contributed by atoms with van der Waals surface area (Å²) < 4.78 is 19.6. The van der Waals surface area contributed by atoms with Crippen LogP contribution in [-0.4, -0.2) is 54.9 Å². The van der Waals surface area contributed by atoms with Gasteiger partial charge in [-0.05, 0) is 11.1 Å². The fourth-order valence-corrected chi connectivity index (χ4v) is 4.56. The van der Waals surface area contributed by atoms with Crippen LogP contribution >= 0.6 is 0 Å². The lowest BCUT2D eigenvalue weighted by Gasteiger charge is -2.28. The maximum atomic E-state index is 12.7. The molecule has 0 bridgehead atoms. The summed E-state index contributed by atoms with van der Waals surface area (Å²) in [5.74, 6) is -0.773. The number of aliphatic hydroxyl groups excluding tert-OH is 1. The molecule has 12 heteroatoms. The lowest BCUT2D eigenvalue weighted by molar-refractivity contribution is -0.124. The molecule has 2 unspecified atom stereocenters. The monoisotopic (exact) mass is 558 g/mol. The molecule has 0 radical (unpaired) electrons. The topological polar surface area (TPSA) is 164 Å². The van der Waals surface area contributed by atoms with E-state index in [1.54, 1.807) is 13.8 Å². The molecule has 0 saturated carbocycles. The Morgan fingerprint density at radius 2 is 1.83 bits per heavy atom. The van der Waals surface area contributed by atoms with Gasteiger partial charge in [-0.2, -0.15) is 10.2 Å². The average Bonchev–Trinajstić information content (AvgIpc) is 3.52. The van der Waals surface area contributed by atoms with Crippen LogP contribution in [0.4, 0.5) is 5.95 Å². The second-order valence-corrected chi connectivity index (χ2v) is 10.1.